The minimum absolute atomic E-state index is 0.0909. The van der Waals surface area contributed by atoms with Crippen LogP contribution in [-0.2, 0) is 12.0 Å². The summed E-state index contributed by atoms with van der Waals surface area (Å²) >= 11 is 0. The highest BCUT2D eigenvalue weighted by Gasteiger charge is 2.44. The fraction of sp³-hybridized carbons (Fsp3) is 0.304. The van der Waals surface area contributed by atoms with Crippen LogP contribution in [0.3, 0.4) is 0 Å². The highest BCUT2D eigenvalue weighted by Crippen LogP contribution is 2.45. The first kappa shape index (κ1) is 17.9. The quantitative estimate of drug-likeness (QED) is 0.680. The van der Waals surface area contributed by atoms with Crippen molar-refractivity contribution in [2.75, 3.05) is 19.7 Å². The van der Waals surface area contributed by atoms with Gasteiger partial charge in [-0.15, -0.1) is 0 Å². The van der Waals surface area contributed by atoms with E-state index in [1.54, 1.807) is 23.1 Å². The molecule has 3 heterocycles. The maximum Gasteiger partial charge on any atom is 0.349 e. The standard InChI is InChI=1S/C23H22N2O4/c24-13-15-5-6-20-18(11-15)23(14-28-20)7-9-25(10-8-23)21(26)17-12-16-3-1-2-4-19(16)29-22(17)27/h1-6,11-12H,7-10,13-14,24H2. The molecule has 148 valence electrons. The lowest BCUT2D eigenvalue weighted by Crippen LogP contribution is -2.46. The molecule has 1 fully saturated rings. The van der Waals surface area contributed by atoms with E-state index < -0.39 is 5.63 Å². The number of piperidine rings is 1. The molecule has 5 rings (SSSR count). The zero-order valence-corrected chi connectivity index (χ0v) is 16.0. The minimum atomic E-state index is -0.587. The third-order valence-corrected chi connectivity index (χ3v) is 6.23. The van der Waals surface area contributed by atoms with Crippen LogP contribution in [0.4, 0.5) is 0 Å². The molecule has 29 heavy (non-hydrogen) atoms. The molecule has 6 heteroatoms. The van der Waals surface area contributed by atoms with Crippen LogP contribution in [-0.4, -0.2) is 30.5 Å². The van der Waals surface area contributed by atoms with E-state index in [-0.39, 0.29) is 16.9 Å². The molecule has 2 aliphatic heterocycles. The summed E-state index contributed by atoms with van der Waals surface area (Å²) in [5, 5.41) is 0.747. The Hall–Kier alpha value is -3.12. The lowest BCUT2D eigenvalue weighted by atomic mass is 9.74. The maximum atomic E-state index is 13.0. The van der Waals surface area contributed by atoms with Crippen molar-refractivity contribution in [3.8, 4) is 5.75 Å². The topological polar surface area (TPSA) is 85.8 Å². The van der Waals surface area contributed by atoms with Crippen LogP contribution in [0.1, 0.15) is 34.3 Å². The molecule has 0 radical (unpaired) electrons. The summed E-state index contributed by atoms with van der Waals surface area (Å²) < 4.78 is 11.3. The van der Waals surface area contributed by atoms with Crippen molar-refractivity contribution in [2.24, 2.45) is 5.73 Å². The fourth-order valence-corrected chi connectivity index (χ4v) is 4.47. The van der Waals surface area contributed by atoms with Crippen LogP contribution in [0.25, 0.3) is 11.0 Å². The van der Waals surface area contributed by atoms with Crippen LogP contribution in [0.15, 0.2) is 57.7 Å². The number of nitrogens with zero attached hydrogens (tertiary/aromatic N) is 1. The highest BCUT2D eigenvalue weighted by atomic mass is 16.5. The molecule has 1 aromatic heterocycles. The molecular weight excluding hydrogens is 368 g/mol. The van der Waals surface area contributed by atoms with Crippen LogP contribution in [0, 0.1) is 0 Å². The van der Waals surface area contributed by atoms with E-state index in [9.17, 15) is 9.59 Å². The maximum absolute atomic E-state index is 13.0. The van der Waals surface area contributed by atoms with E-state index in [1.807, 2.05) is 24.3 Å². The molecule has 0 bridgehead atoms. The van der Waals surface area contributed by atoms with Gasteiger partial charge in [0.2, 0.25) is 0 Å². The average Bonchev–Trinajstić information content (AvgIpc) is 3.10. The van der Waals surface area contributed by atoms with E-state index >= 15 is 0 Å². The molecule has 0 aliphatic carbocycles. The lowest BCUT2D eigenvalue weighted by molar-refractivity contribution is 0.0642. The second-order valence-electron chi connectivity index (χ2n) is 7.88. The molecule has 1 amide bonds. The van der Waals surface area contributed by atoms with Crippen LogP contribution >= 0.6 is 0 Å². The first-order valence-corrected chi connectivity index (χ1v) is 9.88. The van der Waals surface area contributed by atoms with E-state index in [1.165, 1.54) is 5.56 Å². The normalized spacial score (nSPS) is 17.3. The minimum Gasteiger partial charge on any atom is -0.492 e. The number of para-hydroxylation sites is 1. The van der Waals surface area contributed by atoms with Crippen molar-refractivity contribution < 1.29 is 13.9 Å². The largest absolute Gasteiger partial charge is 0.492 e. The van der Waals surface area contributed by atoms with Gasteiger partial charge >= 0.3 is 5.63 Å². The summed E-state index contributed by atoms with van der Waals surface area (Å²) in [5.41, 5.74) is 7.99. The molecule has 0 atom stereocenters. The van der Waals surface area contributed by atoms with Crippen LogP contribution in [0.5, 0.6) is 5.75 Å². The molecule has 6 nitrogen and oxygen atoms in total. The molecule has 1 spiro atoms. The number of nitrogens with two attached hydrogens (primary N) is 1. The fourth-order valence-electron chi connectivity index (χ4n) is 4.47. The van der Waals surface area contributed by atoms with Gasteiger partial charge in [-0.25, -0.2) is 4.79 Å². The molecule has 3 aromatic rings. The highest BCUT2D eigenvalue weighted by molar-refractivity contribution is 5.96. The second kappa shape index (κ2) is 6.74. The summed E-state index contributed by atoms with van der Waals surface area (Å²) in [6.45, 7) is 2.25. The Kier molecular flexibility index (Phi) is 4.17. The molecule has 0 unspecified atom stereocenters. The van der Waals surface area contributed by atoms with Gasteiger partial charge in [-0.2, -0.15) is 0 Å². The van der Waals surface area contributed by atoms with Gasteiger partial charge in [0, 0.05) is 36.0 Å². The zero-order valence-electron chi connectivity index (χ0n) is 16.0. The second-order valence-corrected chi connectivity index (χ2v) is 7.88. The first-order valence-electron chi connectivity index (χ1n) is 9.88. The Labute approximate surface area is 167 Å². The van der Waals surface area contributed by atoms with Gasteiger partial charge in [0.05, 0.1) is 6.61 Å². The van der Waals surface area contributed by atoms with Crippen molar-refractivity contribution >= 4 is 16.9 Å². The average molecular weight is 390 g/mol. The molecule has 2 N–H and O–H groups in total. The van der Waals surface area contributed by atoms with Crippen molar-refractivity contribution in [2.45, 2.75) is 24.8 Å². The number of ether oxygens (including phenoxy) is 1. The van der Waals surface area contributed by atoms with Gasteiger partial charge in [0.1, 0.15) is 16.9 Å². The van der Waals surface area contributed by atoms with Crippen LogP contribution < -0.4 is 16.1 Å². The number of rotatable bonds is 2. The zero-order chi connectivity index (χ0) is 20.0. The third kappa shape index (κ3) is 2.91. The Morgan fingerprint density at radius 2 is 1.90 bits per heavy atom. The number of amides is 1. The number of hydrogen-bond acceptors (Lipinski definition) is 5. The van der Waals surface area contributed by atoms with E-state index in [2.05, 4.69) is 6.07 Å². The van der Waals surface area contributed by atoms with E-state index in [4.69, 9.17) is 14.9 Å². The Morgan fingerprint density at radius 3 is 2.69 bits per heavy atom. The van der Waals surface area contributed by atoms with Gasteiger partial charge in [0.15, 0.2) is 0 Å². The van der Waals surface area contributed by atoms with Gasteiger partial charge in [-0.3, -0.25) is 4.79 Å². The third-order valence-electron chi connectivity index (χ3n) is 6.23. The molecule has 2 aromatic carbocycles. The Balaban J connectivity index is 1.39. The van der Waals surface area contributed by atoms with Crippen molar-refractivity contribution in [3.63, 3.8) is 0 Å². The summed E-state index contributed by atoms with van der Waals surface area (Å²) in [6.07, 6.45) is 1.58. The SMILES string of the molecule is NCc1ccc2c(c1)C1(CCN(C(=O)c3cc4ccccc4oc3=O)CC1)CO2. The van der Waals surface area contributed by atoms with Gasteiger partial charge in [0.25, 0.3) is 5.91 Å². The Morgan fingerprint density at radius 1 is 1.10 bits per heavy atom. The monoisotopic (exact) mass is 390 g/mol. The first-order chi connectivity index (χ1) is 14.1. The molecular formula is C23H22N2O4. The lowest BCUT2D eigenvalue weighted by Gasteiger charge is -2.38. The van der Waals surface area contributed by atoms with Gasteiger partial charge < -0.3 is 19.8 Å². The Bertz CT molecular complexity index is 1160. The summed E-state index contributed by atoms with van der Waals surface area (Å²) in [7, 11) is 0. The van der Waals surface area contributed by atoms with E-state index in [0.717, 1.165) is 29.5 Å². The number of carbonyl (C=O) groups excluding carboxylic acids is 1. The van der Waals surface area contributed by atoms with Gasteiger partial charge in [-0.05, 0) is 36.6 Å². The predicted molar refractivity (Wildman–Crippen MR) is 109 cm³/mol. The molecule has 0 saturated carbocycles. The predicted octanol–water partition coefficient (Wildman–Crippen LogP) is 2.82. The smallest absolute Gasteiger partial charge is 0.349 e. The van der Waals surface area contributed by atoms with Crippen LogP contribution in [0.2, 0.25) is 0 Å². The number of likely N-dealkylation sites (tertiary alicyclic amines) is 1. The number of fused-ring (bicyclic) bond motifs is 3. The van der Waals surface area contributed by atoms with Crippen molar-refractivity contribution in [3.05, 3.63) is 75.6 Å². The summed E-state index contributed by atoms with van der Waals surface area (Å²) in [4.78, 5) is 27.1. The number of hydrogen-bond donors (Lipinski definition) is 1. The number of benzene rings is 2. The van der Waals surface area contributed by atoms with Crippen molar-refractivity contribution in [1.29, 1.82) is 0 Å². The summed E-state index contributed by atoms with van der Waals surface area (Å²) in [5.74, 6) is 0.645. The van der Waals surface area contributed by atoms with E-state index in [0.29, 0.717) is 31.8 Å². The number of carbonyl (C=O) groups is 1. The molecule has 2 aliphatic rings. The molecule has 1 saturated heterocycles. The van der Waals surface area contributed by atoms with Gasteiger partial charge in [-0.1, -0.05) is 30.3 Å². The summed E-state index contributed by atoms with van der Waals surface area (Å²) in [6, 6.07) is 15.0. The van der Waals surface area contributed by atoms with Crippen molar-refractivity contribution in [1.82, 2.24) is 4.90 Å².